The fourth-order valence-corrected chi connectivity index (χ4v) is 0.837. The molecule has 0 heterocycles. The van der Waals surface area contributed by atoms with Crippen LogP contribution in [0, 0.1) is 0 Å². The fraction of sp³-hybridized carbons (Fsp3) is 0.600. The lowest BCUT2D eigenvalue weighted by Crippen LogP contribution is -1.84. The first-order chi connectivity index (χ1) is 4.79. The Kier molecular flexibility index (Phi) is 5.00. The van der Waals surface area contributed by atoms with Crippen molar-refractivity contribution in [1.29, 1.82) is 0 Å². The number of hydrogen-bond donors (Lipinski definition) is 0. The van der Waals surface area contributed by atoms with Gasteiger partial charge < -0.3 is 0 Å². The third kappa shape index (κ3) is 3.49. The molecular formula is C10H18. The van der Waals surface area contributed by atoms with Gasteiger partial charge in [-0.25, -0.2) is 0 Å². The Morgan fingerprint density at radius 1 is 0.900 bits per heavy atom. The highest BCUT2D eigenvalue weighted by Gasteiger charge is 1.94. The zero-order valence-electron chi connectivity index (χ0n) is 7.57. The SMILES string of the molecule is CC.CC1=CCC(C)=CC1. The molecule has 0 aromatic carbocycles. The summed E-state index contributed by atoms with van der Waals surface area (Å²) >= 11 is 0. The quantitative estimate of drug-likeness (QED) is 0.448. The third-order valence-electron chi connectivity index (χ3n) is 1.54. The average Bonchev–Trinajstić information content (AvgIpc) is 2.00. The molecule has 0 radical (unpaired) electrons. The van der Waals surface area contributed by atoms with E-state index in [2.05, 4.69) is 26.0 Å². The zero-order valence-corrected chi connectivity index (χ0v) is 7.57. The van der Waals surface area contributed by atoms with E-state index in [9.17, 15) is 0 Å². The van der Waals surface area contributed by atoms with Gasteiger partial charge in [-0.2, -0.15) is 0 Å². The summed E-state index contributed by atoms with van der Waals surface area (Å²) in [6.07, 6.45) is 6.95. The Labute approximate surface area is 64.6 Å². The van der Waals surface area contributed by atoms with E-state index in [4.69, 9.17) is 0 Å². The van der Waals surface area contributed by atoms with E-state index < -0.39 is 0 Å². The maximum absolute atomic E-state index is 2.30. The summed E-state index contributed by atoms with van der Waals surface area (Å²) in [5.41, 5.74) is 3.02. The highest BCUT2D eigenvalue weighted by molar-refractivity contribution is 5.18. The second-order valence-corrected chi connectivity index (χ2v) is 2.51. The van der Waals surface area contributed by atoms with Crippen molar-refractivity contribution >= 4 is 0 Å². The van der Waals surface area contributed by atoms with Crippen LogP contribution in [0.15, 0.2) is 23.3 Å². The Morgan fingerprint density at radius 2 is 1.20 bits per heavy atom. The lowest BCUT2D eigenvalue weighted by molar-refractivity contribution is 1.05. The van der Waals surface area contributed by atoms with Crippen LogP contribution >= 0.6 is 0 Å². The van der Waals surface area contributed by atoms with Crippen LogP contribution < -0.4 is 0 Å². The van der Waals surface area contributed by atoms with Gasteiger partial charge in [0.05, 0.1) is 0 Å². The van der Waals surface area contributed by atoms with Crippen LogP contribution in [-0.4, -0.2) is 0 Å². The van der Waals surface area contributed by atoms with Crippen molar-refractivity contribution in [3.05, 3.63) is 23.3 Å². The minimum absolute atomic E-state index is 1.17. The second-order valence-electron chi connectivity index (χ2n) is 2.51. The molecule has 58 valence electrons. The standard InChI is InChI=1S/C8H12.C2H6/c1-7-3-5-8(2)6-4-7;1-2/h3,6H,4-5H2,1-2H3;1-2H3. The fourth-order valence-electron chi connectivity index (χ4n) is 0.837. The van der Waals surface area contributed by atoms with E-state index in [1.54, 1.807) is 0 Å². The minimum Gasteiger partial charge on any atom is -0.0812 e. The summed E-state index contributed by atoms with van der Waals surface area (Å²) in [6, 6.07) is 0. The molecule has 0 amide bonds. The molecule has 0 atom stereocenters. The van der Waals surface area contributed by atoms with Gasteiger partial charge in [-0.15, -0.1) is 0 Å². The van der Waals surface area contributed by atoms with Crippen molar-refractivity contribution in [3.63, 3.8) is 0 Å². The minimum atomic E-state index is 1.17. The van der Waals surface area contributed by atoms with Crippen molar-refractivity contribution in [2.24, 2.45) is 0 Å². The molecule has 0 aromatic rings. The Morgan fingerprint density at radius 3 is 1.40 bits per heavy atom. The van der Waals surface area contributed by atoms with Crippen LogP contribution in [0.2, 0.25) is 0 Å². The molecule has 0 heteroatoms. The van der Waals surface area contributed by atoms with Gasteiger partial charge in [-0.05, 0) is 26.7 Å². The van der Waals surface area contributed by atoms with Crippen LogP contribution in [0.4, 0.5) is 0 Å². The molecule has 0 spiro atoms. The van der Waals surface area contributed by atoms with Gasteiger partial charge in [0.2, 0.25) is 0 Å². The first-order valence-electron chi connectivity index (χ1n) is 4.10. The summed E-state index contributed by atoms with van der Waals surface area (Å²) in [5.74, 6) is 0. The Balaban J connectivity index is 0.000000371. The molecule has 0 saturated carbocycles. The van der Waals surface area contributed by atoms with E-state index in [1.165, 1.54) is 24.0 Å². The van der Waals surface area contributed by atoms with Crippen LogP contribution in [0.5, 0.6) is 0 Å². The lowest BCUT2D eigenvalue weighted by atomic mass is 10.0. The van der Waals surface area contributed by atoms with E-state index >= 15 is 0 Å². The number of hydrogen-bond acceptors (Lipinski definition) is 0. The molecule has 0 saturated heterocycles. The highest BCUT2D eigenvalue weighted by atomic mass is 14.0. The summed E-state index contributed by atoms with van der Waals surface area (Å²) in [7, 11) is 0. The van der Waals surface area contributed by atoms with E-state index in [1.807, 2.05) is 13.8 Å². The topological polar surface area (TPSA) is 0 Å². The molecule has 0 fully saturated rings. The van der Waals surface area contributed by atoms with Crippen molar-refractivity contribution in [3.8, 4) is 0 Å². The van der Waals surface area contributed by atoms with Crippen LogP contribution in [0.1, 0.15) is 40.5 Å². The first kappa shape index (κ1) is 9.48. The largest absolute Gasteiger partial charge is 0.0812 e. The molecule has 1 aliphatic rings. The Hall–Kier alpha value is -0.520. The van der Waals surface area contributed by atoms with E-state index in [0.29, 0.717) is 0 Å². The van der Waals surface area contributed by atoms with Crippen molar-refractivity contribution in [1.82, 2.24) is 0 Å². The van der Waals surface area contributed by atoms with E-state index in [-0.39, 0.29) is 0 Å². The smallest absolute Gasteiger partial charge is 0.0139 e. The normalized spacial score (nSPS) is 16.4. The monoisotopic (exact) mass is 138 g/mol. The number of allylic oxidation sites excluding steroid dienone is 4. The van der Waals surface area contributed by atoms with Gasteiger partial charge in [-0.3, -0.25) is 0 Å². The van der Waals surface area contributed by atoms with E-state index in [0.717, 1.165) is 0 Å². The van der Waals surface area contributed by atoms with Gasteiger partial charge >= 0.3 is 0 Å². The molecular weight excluding hydrogens is 120 g/mol. The highest BCUT2D eigenvalue weighted by Crippen LogP contribution is 2.14. The molecule has 0 bridgehead atoms. The first-order valence-corrected chi connectivity index (χ1v) is 4.10. The van der Waals surface area contributed by atoms with Gasteiger partial charge in [0.15, 0.2) is 0 Å². The van der Waals surface area contributed by atoms with Crippen molar-refractivity contribution < 1.29 is 0 Å². The predicted octanol–water partition coefficient (Wildman–Crippen LogP) is 3.70. The molecule has 1 aliphatic carbocycles. The van der Waals surface area contributed by atoms with Crippen LogP contribution in [-0.2, 0) is 0 Å². The van der Waals surface area contributed by atoms with Crippen LogP contribution in [0.3, 0.4) is 0 Å². The summed E-state index contributed by atoms with van der Waals surface area (Å²) in [5, 5.41) is 0. The summed E-state index contributed by atoms with van der Waals surface area (Å²) < 4.78 is 0. The van der Waals surface area contributed by atoms with Crippen LogP contribution in [0.25, 0.3) is 0 Å². The maximum Gasteiger partial charge on any atom is -0.0139 e. The number of rotatable bonds is 0. The molecule has 0 aliphatic heterocycles. The summed E-state index contributed by atoms with van der Waals surface area (Å²) in [4.78, 5) is 0. The molecule has 0 unspecified atom stereocenters. The Bertz CT molecular complexity index is 120. The zero-order chi connectivity index (χ0) is 7.98. The molecule has 0 nitrogen and oxygen atoms in total. The summed E-state index contributed by atoms with van der Waals surface area (Å²) in [6.45, 7) is 8.37. The van der Waals surface area contributed by atoms with Gasteiger partial charge in [0.1, 0.15) is 0 Å². The molecule has 0 N–H and O–H groups in total. The second kappa shape index (κ2) is 5.28. The molecule has 1 rings (SSSR count). The van der Waals surface area contributed by atoms with Crippen molar-refractivity contribution in [2.45, 2.75) is 40.5 Å². The predicted molar refractivity (Wildman–Crippen MR) is 48.1 cm³/mol. The average molecular weight is 138 g/mol. The molecule has 10 heavy (non-hydrogen) atoms. The van der Waals surface area contributed by atoms with Gasteiger partial charge in [-0.1, -0.05) is 37.1 Å². The lowest BCUT2D eigenvalue weighted by Gasteiger charge is -2.04. The third-order valence-corrected chi connectivity index (χ3v) is 1.54. The van der Waals surface area contributed by atoms with Gasteiger partial charge in [0, 0.05) is 0 Å². The van der Waals surface area contributed by atoms with Gasteiger partial charge in [0.25, 0.3) is 0 Å². The van der Waals surface area contributed by atoms with Crippen molar-refractivity contribution in [2.75, 3.05) is 0 Å². The maximum atomic E-state index is 2.30. The molecule has 0 aromatic heterocycles.